The molecule has 0 fully saturated rings. The molecule has 7 nitrogen and oxygen atoms in total. The van der Waals surface area contributed by atoms with Gasteiger partial charge in [0.1, 0.15) is 5.75 Å². The predicted molar refractivity (Wildman–Crippen MR) is 67.6 cm³/mol. The quantitative estimate of drug-likeness (QED) is 0.476. The molecule has 0 radical (unpaired) electrons. The van der Waals surface area contributed by atoms with Gasteiger partial charge in [0.2, 0.25) is 0 Å². The second-order valence-corrected chi connectivity index (χ2v) is 7.25. The highest BCUT2D eigenvalue weighted by Gasteiger charge is 2.48. The number of benzene rings is 1. The van der Waals surface area contributed by atoms with Crippen molar-refractivity contribution in [2.75, 3.05) is 0 Å². The summed E-state index contributed by atoms with van der Waals surface area (Å²) in [5, 5.41) is 0. The number of sulfonamides is 2. The lowest BCUT2D eigenvalue weighted by Gasteiger charge is -2.10. The van der Waals surface area contributed by atoms with Crippen LogP contribution >= 0.6 is 0 Å². The van der Waals surface area contributed by atoms with E-state index in [1.807, 2.05) is 0 Å². The number of carbonyl (C=O) groups excluding carboxylic acids is 1. The zero-order chi connectivity index (χ0) is 17.2. The van der Waals surface area contributed by atoms with Crippen molar-refractivity contribution >= 4 is 26.0 Å². The predicted octanol–water partition coefficient (Wildman–Crippen LogP) is 0.906. The van der Waals surface area contributed by atoms with Gasteiger partial charge in [-0.15, -0.1) is 0 Å². The molecule has 0 aliphatic heterocycles. The van der Waals surface area contributed by atoms with Gasteiger partial charge in [-0.25, -0.2) is 21.6 Å². The Morgan fingerprint density at radius 2 is 1.82 bits per heavy atom. The SMILES string of the molecule is C=CC(=O)Oc1cccc(S(=O)(=O)NS(=O)(=O)C(F)(F)F)c1. The van der Waals surface area contributed by atoms with E-state index in [2.05, 4.69) is 11.3 Å². The summed E-state index contributed by atoms with van der Waals surface area (Å²) in [6, 6.07) is 3.67. The molecule has 1 aromatic rings. The van der Waals surface area contributed by atoms with Gasteiger partial charge in [-0.05, 0) is 12.1 Å². The van der Waals surface area contributed by atoms with Gasteiger partial charge in [0, 0.05) is 12.1 Å². The molecular formula is C10H8F3NO6S2. The maximum absolute atomic E-state index is 12.2. The Kier molecular flexibility index (Phi) is 4.99. The molecule has 0 amide bonds. The molecule has 1 aromatic carbocycles. The van der Waals surface area contributed by atoms with Gasteiger partial charge < -0.3 is 4.74 Å². The molecule has 12 heteroatoms. The van der Waals surface area contributed by atoms with E-state index < -0.39 is 36.4 Å². The fourth-order valence-corrected chi connectivity index (χ4v) is 3.55. The molecule has 0 spiro atoms. The molecule has 0 aromatic heterocycles. The van der Waals surface area contributed by atoms with Crippen LogP contribution in [0.4, 0.5) is 13.2 Å². The molecule has 0 heterocycles. The third-order valence-electron chi connectivity index (χ3n) is 2.03. The van der Waals surface area contributed by atoms with Crippen LogP contribution in [0.3, 0.4) is 0 Å². The van der Waals surface area contributed by atoms with E-state index in [-0.39, 0.29) is 5.75 Å². The Morgan fingerprint density at radius 1 is 1.23 bits per heavy atom. The van der Waals surface area contributed by atoms with Gasteiger partial charge in [-0.1, -0.05) is 16.8 Å². The summed E-state index contributed by atoms with van der Waals surface area (Å²) in [5.74, 6) is -1.26. The Morgan fingerprint density at radius 3 is 2.32 bits per heavy atom. The van der Waals surface area contributed by atoms with Gasteiger partial charge in [-0.2, -0.15) is 13.2 Å². The number of esters is 1. The first kappa shape index (κ1) is 18.1. The standard InChI is InChI=1S/C10H8F3NO6S2/c1-2-9(15)20-7-4-3-5-8(6-7)21(16,17)14-22(18,19)10(11,12)13/h2-6,14H,1H2. The summed E-state index contributed by atoms with van der Waals surface area (Å²) in [7, 11) is -11.1. The zero-order valence-corrected chi connectivity index (χ0v) is 12.1. The average Bonchev–Trinajstić information content (AvgIpc) is 2.36. The molecule has 0 unspecified atom stereocenters. The largest absolute Gasteiger partial charge is 0.512 e. The van der Waals surface area contributed by atoms with Crippen LogP contribution in [0.1, 0.15) is 0 Å². The molecule has 0 bridgehead atoms. The second kappa shape index (κ2) is 6.06. The summed E-state index contributed by atoms with van der Waals surface area (Å²) in [4.78, 5) is 10.1. The molecule has 0 atom stereocenters. The molecule has 122 valence electrons. The van der Waals surface area contributed by atoms with E-state index in [1.54, 1.807) is 0 Å². The monoisotopic (exact) mass is 359 g/mol. The lowest BCUT2D eigenvalue weighted by Crippen LogP contribution is -2.40. The van der Waals surface area contributed by atoms with Crippen molar-refractivity contribution in [3.63, 3.8) is 0 Å². The first-order valence-electron chi connectivity index (χ1n) is 5.18. The Bertz CT molecular complexity index is 798. The van der Waals surface area contributed by atoms with Gasteiger partial charge in [-0.3, -0.25) is 0 Å². The minimum absolute atomic E-state index is 0.322. The number of nitrogens with one attached hydrogen (secondary N) is 1. The van der Waals surface area contributed by atoms with Gasteiger partial charge in [0.05, 0.1) is 4.90 Å². The van der Waals surface area contributed by atoms with Crippen LogP contribution in [0.25, 0.3) is 0 Å². The minimum Gasteiger partial charge on any atom is -0.423 e. The molecule has 1 rings (SSSR count). The Balaban J connectivity index is 3.17. The van der Waals surface area contributed by atoms with Crippen molar-refractivity contribution < 1.29 is 39.5 Å². The summed E-state index contributed by atoms with van der Waals surface area (Å²) in [5.41, 5.74) is -5.80. The number of ether oxygens (including phenoxy) is 1. The molecule has 0 saturated carbocycles. The topological polar surface area (TPSA) is 107 Å². The zero-order valence-electron chi connectivity index (χ0n) is 10.5. The second-order valence-electron chi connectivity index (χ2n) is 3.64. The average molecular weight is 359 g/mol. The normalized spacial score (nSPS) is 12.7. The fraction of sp³-hybridized carbons (Fsp3) is 0.100. The lowest BCUT2D eigenvalue weighted by molar-refractivity contribution is -0.128. The highest BCUT2D eigenvalue weighted by Crippen LogP contribution is 2.24. The Hall–Kier alpha value is -1.92. The van der Waals surface area contributed by atoms with Gasteiger partial charge in [0.15, 0.2) is 0 Å². The van der Waals surface area contributed by atoms with Crippen LogP contribution in [0.5, 0.6) is 5.75 Å². The van der Waals surface area contributed by atoms with Crippen LogP contribution < -0.4 is 8.86 Å². The van der Waals surface area contributed by atoms with E-state index >= 15 is 0 Å². The molecule has 0 saturated heterocycles. The van der Waals surface area contributed by atoms with Crippen LogP contribution in [-0.4, -0.2) is 28.3 Å². The number of alkyl halides is 3. The summed E-state index contributed by atoms with van der Waals surface area (Å²) >= 11 is 0. The van der Waals surface area contributed by atoms with E-state index in [0.29, 0.717) is 10.2 Å². The van der Waals surface area contributed by atoms with Crippen molar-refractivity contribution in [3.05, 3.63) is 36.9 Å². The number of halogens is 3. The number of hydrogen-bond acceptors (Lipinski definition) is 6. The van der Waals surface area contributed by atoms with Crippen LogP contribution in [-0.2, 0) is 24.8 Å². The van der Waals surface area contributed by atoms with E-state index in [0.717, 1.165) is 24.3 Å². The molecule has 1 N–H and O–H groups in total. The lowest BCUT2D eigenvalue weighted by atomic mass is 10.3. The van der Waals surface area contributed by atoms with Crippen molar-refractivity contribution in [1.29, 1.82) is 0 Å². The van der Waals surface area contributed by atoms with E-state index in [4.69, 9.17) is 0 Å². The maximum atomic E-state index is 12.2. The fourth-order valence-electron chi connectivity index (χ4n) is 1.10. The highest BCUT2D eigenvalue weighted by molar-refractivity contribution is 8.05. The van der Waals surface area contributed by atoms with Crippen molar-refractivity contribution in [2.45, 2.75) is 10.4 Å². The van der Waals surface area contributed by atoms with E-state index in [9.17, 15) is 34.8 Å². The first-order chi connectivity index (χ1) is 9.89. The van der Waals surface area contributed by atoms with Crippen molar-refractivity contribution in [1.82, 2.24) is 4.13 Å². The van der Waals surface area contributed by atoms with Crippen LogP contribution in [0, 0.1) is 0 Å². The molecule has 22 heavy (non-hydrogen) atoms. The summed E-state index contributed by atoms with van der Waals surface area (Å²) in [6.45, 7) is 3.09. The summed E-state index contributed by atoms with van der Waals surface area (Å²) < 4.78 is 86.6. The first-order valence-corrected chi connectivity index (χ1v) is 8.15. The third-order valence-corrected chi connectivity index (χ3v) is 5.26. The molecular weight excluding hydrogens is 351 g/mol. The van der Waals surface area contributed by atoms with Crippen molar-refractivity contribution in [3.8, 4) is 5.75 Å². The molecule has 0 aliphatic rings. The number of hydrogen-bond donors (Lipinski definition) is 1. The molecule has 0 aliphatic carbocycles. The Labute approximate surface area is 123 Å². The highest BCUT2D eigenvalue weighted by atomic mass is 32.3. The smallest absolute Gasteiger partial charge is 0.423 e. The van der Waals surface area contributed by atoms with Gasteiger partial charge >= 0.3 is 21.5 Å². The third kappa shape index (κ3) is 4.29. The number of carbonyl (C=O) groups is 1. The van der Waals surface area contributed by atoms with Crippen LogP contribution in [0.15, 0.2) is 41.8 Å². The maximum Gasteiger partial charge on any atom is 0.512 e. The van der Waals surface area contributed by atoms with Crippen molar-refractivity contribution in [2.24, 2.45) is 0 Å². The summed E-state index contributed by atoms with van der Waals surface area (Å²) in [6.07, 6.45) is 0.771. The number of rotatable bonds is 5. The van der Waals surface area contributed by atoms with Gasteiger partial charge in [0.25, 0.3) is 10.0 Å². The van der Waals surface area contributed by atoms with Crippen LogP contribution in [0.2, 0.25) is 0 Å². The van der Waals surface area contributed by atoms with E-state index in [1.165, 1.54) is 0 Å². The minimum atomic E-state index is -6.11.